The minimum absolute atomic E-state index is 0.290. The Morgan fingerprint density at radius 1 is 1.11 bits per heavy atom. The minimum Gasteiger partial charge on any atom is -0.478 e. The predicted octanol–water partition coefficient (Wildman–Crippen LogP) is 4.35. The largest absolute Gasteiger partial charge is 0.478 e. The number of nitrogens with one attached hydrogen (secondary N) is 1. The fourth-order valence-corrected chi connectivity index (χ4v) is 2.50. The Labute approximate surface area is 125 Å². The molecular weight excluding hydrogens is 353 g/mol. The van der Waals surface area contributed by atoms with Crippen molar-refractivity contribution < 1.29 is 9.90 Å². The van der Waals surface area contributed by atoms with Crippen LogP contribution < -0.4 is 5.32 Å². The van der Waals surface area contributed by atoms with Crippen molar-refractivity contribution in [2.75, 3.05) is 5.32 Å². The molecule has 0 aliphatic carbocycles. The van der Waals surface area contributed by atoms with Crippen molar-refractivity contribution in [1.82, 2.24) is 0 Å². The van der Waals surface area contributed by atoms with Gasteiger partial charge < -0.3 is 10.4 Å². The molecule has 0 bridgehead atoms. The van der Waals surface area contributed by atoms with Crippen molar-refractivity contribution in [3.8, 4) is 0 Å². The van der Waals surface area contributed by atoms with E-state index in [1.807, 2.05) is 32.0 Å². The van der Waals surface area contributed by atoms with Gasteiger partial charge >= 0.3 is 5.97 Å². The average molecular weight is 367 g/mol. The SMILES string of the molecule is Cc1ccc(Nc2ccc(I)cc2C)c(C(=O)O)c1. The van der Waals surface area contributed by atoms with Crippen molar-refractivity contribution in [3.63, 3.8) is 0 Å². The molecule has 0 saturated carbocycles. The Bertz CT molecular complexity index is 638. The normalized spacial score (nSPS) is 10.3. The summed E-state index contributed by atoms with van der Waals surface area (Å²) < 4.78 is 1.16. The molecule has 2 rings (SSSR count). The van der Waals surface area contributed by atoms with Crippen LogP contribution in [0.1, 0.15) is 21.5 Å². The second kappa shape index (κ2) is 5.61. The van der Waals surface area contributed by atoms with Crippen LogP contribution in [0.5, 0.6) is 0 Å². The van der Waals surface area contributed by atoms with Crippen LogP contribution in [0.3, 0.4) is 0 Å². The van der Waals surface area contributed by atoms with E-state index in [-0.39, 0.29) is 5.56 Å². The first kappa shape index (κ1) is 13.9. The number of benzene rings is 2. The summed E-state index contributed by atoms with van der Waals surface area (Å²) in [4.78, 5) is 11.3. The van der Waals surface area contributed by atoms with Gasteiger partial charge in [-0.1, -0.05) is 11.6 Å². The summed E-state index contributed by atoms with van der Waals surface area (Å²) in [6.07, 6.45) is 0. The molecule has 0 amide bonds. The van der Waals surface area contributed by atoms with E-state index in [9.17, 15) is 9.90 Å². The van der Waals surface area contributed by atoms with Crippen LogP contribution in [0.15, 0.2) is 36.4 Å². The molecule has 0 aliphatic heterocycles. The standard InChI is InChI=1S/C15H14INO2/c1-9-3-5-14(12(7-9)15(18)19)17-13-6-4-11(16)8-10(13)2/h3-8,17H,1-2H3,(H,18,19). The summed E-state index contributed by atoms with van der Waals surface area (Å²) in [6.45, 7) is 3.88. The number of hydrogen-bond acceptors (Lipinski definition) is 2. The molecule has 3 nitrogen and oxygen atoms in total. The zero-order valence-electron chi connectivity index (χ0n) is 10.7. The van der Waals surface area contributed by atoms with Crippen molar-refractivity contribution in [2.45, 2.75) is 13.8 Å². The second-order valence-electron chi connectivity index (χ2n) is 4.44. The number of carboxylic acids is 1. The number of carboxylic acid groups (broad SMARTS) is 1. The fraction of sp³-hybridized carbons (Fsp3) is 0.133. The van der Waals surface area contributed by atoms with Crippen molar-refractivity contribution in [2.24, 2.45) is 0 Å². The molecule has 0 spiro atoms. The van der Waals surface area contributed by atoms with E-state index < -0.39 is 5.97 Å². The highest BCUT2D eigenvalue weighted by molar-refractivity contribution is 14.1. The maximum Gasteiger partial charge on any atom is 0.337 e. The maximum atomic E-state index is 11.3. The van der Waals surface area contributed by atoms with Crippen LogP contribution in [0, 0.1) is 17.4 Å². The highest BCUT2D eigenvalue weighted by Crippen LogP contribution is 2.25. The zero-order chi connectivity index (χ0) is 14.0. The first-order chi connectivity index (χ1) is 8.97. The van der Waals surface area contributed by atoms with Crippen LogP contribution >= 0.6 is 22.6 Å². The highest BCUT2D eigenvalue weighted by atomic mass is 127. The van der Waals surface area contributed by atoms with E-state index in [1.165, 1.54) is 0 Å². The predicted molar refractivity (Wildman–Crippen MR) is 85.3 cm³/mol. The molecule has 0 radical (unpaired) electrons. The van der Waals surface area contributed by atoms with Crippen molar-refractivity contribution in [3.05, 3.63) is 56.7 Å². The third-order valence-electron chi connectivity index (χ3n) is 2.86. The van der Waals surface area contributed by atoms with Gasteiger partial charge in [0.2, 0.25) is 0 Å². The lowest BCUT2D eigenvalue weighted by atomic mass is 10.1. The van der Waals surface area contributed by atoms with Gasteiger partial charge in [0, 0.05) is 9.26 Å². The summed E-state index contributed by atoms with van der Waals surface area (Å²) in [5.41, 5.74) is 3.85. The Morgan fingerprint density at radius 3 is 2.42 bits per heavy atom. The zero-order valence-corrected chi connectivity index (χ0v) is 12.9. The summed E-state index contributed by atoms with van der Waals surface area (Å²) in [6, 6.07) is 11.4. The topological polar surface area (TPSA) is 49.3 Å². The monoisotopic (exact) mass is 367 g/mol. The fourth-order valence-electron chi connectivity index (χ4n) is 1.86. The molecule has 2 aromatic carbocycles. The molecule has 0 fully saturated rings. The van der Waals surface area contributed by atoms with Crippen LogP contribution in [0.4, 0.5) is 11.4 Å². The number of hydrogen-bond donors (Lipinski definition) is 2. The molecule has 0 saturated heterocycles. The van der Waals surface area contributed by atoms with E-state index in [2.05, 4.69) is 34.0 Å². The van der Waals surface area contributed by atoms with Gasteiger partial charge in [-0.3, -0.25) is 0 Å². The van der Waals surface area contributed by atoms with Crippen molar-refractivity contribution >= 4 is 39.9 Å². The molecule has 0 aliphatic rings. The van der Waals surface area contributed by atoms with Crippen molar-refractivity contribution in [1.29, 1.82) is 0 Å². The van der Waals surface area contributed by atoms with E-state index >= 15 is 0 Å². The quantitative estimate of drug-likeness (QED) is 0.793. The summed E-state index contributed by atoms with van der Waals surface area (Å²) in [7, 11) is 0. The lowest BCUT2D eigenvalue weighted by Crippen LogP contribution is -2.04. The van der Waals surface area contributed by atoms with E-state index in [0.717, 1.165) is 20.4 Å². The maximum absolute atomic E-state index is 11.3. The Balaban J connectivity index is 2.40. The number of carbonyl (C=O) groups is 1. The number of aryl methyl sites for hydroxylation is 2. The van der Waals surface area contributed by atoms with Gasteiger partial charge in [0.25, 0.3) is 0 Å². The molecule has 98 valence electrons. The molecule has 4 heteroatoms. The third-order valence-corrected chi connectivity index (χ3v) is 3.53. The van der Waals surface area contributed by atoms with Gasteiger partial charge in [-0.05, 0) is 72.3 Å². The molecule has 0 aromatic heterocycles. The first-order valence-corrected chi connectivity index (χ1v) is 6.92. The third kappa shape index (κ3) is 3.26. The van der Waals surface area contributed by atoms with Gasteiger partial charge in [-0.15, -0.1) is 0 Å². The highest BCUT2D eigenvalue weighted by Gasteiger charge is 2.11. The van der Waals surface area contributed by atoms with Crippen LogP contribution in [0.25, 0.3) is 0 Å². The van der Waals surface area contributed by atoms with Crippen LogP contribution in [0.2, 0.25) is 0 Å². The molecule has 0 unspecified atom stereocenters. The van der Waals surface area contributed by atoms with E-state index in [0.29, 0.717) is 5.69 Å². The lowest BCUT2D eigenvalue weighted by Gasteiger charge is -2.12. The number of rotatable bonds is 3. The molecule has 0 atom stereocenters. The smallest absolute Gasteiger partial charge is 0.337 e. The number of anilines is 2. The Morgan fingerprint density at radius 2 is 1.79 bits per heavy atom. The van der Waals surface area contributed by atoms with Gasteiger partial charge in [-0.2, -0.15) is 0 Å². The van der Waals surface area contributed by atoms with Crippen LogP contribution in [-0.4, -0.2) is 11.1 Å². The second-order valence-corrected chi connectivity index (χ2v) is 5.68. The number of aromatic carboxylic acids is 1. The van der Waals surface area contributed by atoms with Crippen LogP contribution in [-0.2, 0) is 0 Å². The van der Waals surface area contributed by atoms with Gasteiger partial charge in [-0.25, -0.2) is 4.79 Å². The Hall–Kier alpha value is -1.56. The first-order valence-electron chi connectivity index (χ1n) is 5.84. The van der Waals surface area contributed by atoms with Gasteiger partial charge in [0.05, 0.1) is 11.3 Å². The van der Waals surface area contributed by atoms with E-state index in [1.54, 1.807) is 12.1 Å². The van der Waals surface area contributed by atoms with E-state index in [4.69, 9.17) is 0 Å². The van der Waals surface area contributed by atoms with Gasteiger partial charge in [0.1, 0.15) is 0 Å². The molecule has 2 N–H and O–H groups in total. The summed E-state index contributed by atoms with van der Waals surface area (Å²) in [5, 5.41) is 12.4. The lowest BCUT2D eigenvalue weighted by molar-refractivity contribution is 0.0698. The molecule has 0 heterocycles. The number of halogens is 1. The average Bonchev–Trinajstić information content (AvgIpc) is 2.34. The Kier molecular flexibility index (Phi) is 4.09. The molecular formula is C15H14INO2. The molecule has 2 aromatic rings. The minimum atomic E-state index is -0.922. The summed E-state index contributed by atoms with van der Waals surface area (Å²) in [5.74, 6) is -0.922. The van der Waals surface area contributed by atoms with Gasteiger partial charge in [0.15, 0.2) is 0 Å². The summed E-state index contributed by atoms with van der Waals surface area (Å²) >= 11 is 2.25. The molecule has 19 heavy (non-hydrogen) atoms.